The molecule has 0 spiro atoms. The third-order valence-corrected chi connectivity index (χ3v) is 3.00. The summed E-state index contributed by atoms with van der Waals surface area (Å²) in [5.74, 6) is 0.836. The normalized spacial score (nSPS) is 12.1. The summed E-state index contributed by atoms with van der Waals surface area (Å²) in [5.41, 5.74) is 1.27. The first kappa shape index (κ1) is 12.0. The highest BCUT2D eigenvalue weighted by atomic mass is 79.9. The highest BCUT2D eigenvalue weighted by Crippen LogP contribution is 2.21. The van der Waals surface area contributed by atoms with E-state index in [0.29, 0.717) is 0 Å². The Morgan fingerprint density at radius 2 is 2.00 bits per heavy atom. The molecule has 0 fully saturated rings. The van der Waals surface area contributed by atoms with Crippen LogP contribution in [0.2, 0.25) is 0 Å². The van der Waals surface area contributed by atoms with Gasteiger partial charge in [-0.25, -0.2) is 9.97 Å². The smallest absolute Gasteiger partial charge is 0.130 e. The summed E-state index contributed by atoms with van der Waals surface area (Å²) in [4.78, 5) is 8.21. The van der Waals surface area contributed by atoms with Crippen LogP contribution in [0.3, 0.4) is 0 Å². The third-order valence-electron chi connectivity index (χ3n) is 2.57. The monoisotopic (exact) mass is 291 g/mol. The van der Waals surface area contributed by atoms with Crippen molar-refractivity contribution in [2.75, 3.05) is 5.32 Å². The lowest BCUT2D eigenvalue weighted by molar-refractivity contribution is 0.743. The zero-order valence-electron chi connectivity index (χ0n) is 9.60. The molecule has 0 radical (unpaired) electrons. The Bertz CT molecular complexity index is 473. The van der Waals surface area contributed by atoms with Crippen LogP contribution < -0.4 is 5.32 Å². The van der Waals surface area contributed by atoms with Gasteiger partial charge in [0, 0.05) is 6.07 Å². The number of halogens is 1. The molecule has 2 aromatic rings. The molecule has 4 heteroatoms. The van der Waals surface area contributed by atoms with Crippen molar-refractivity contribution in [3.05, 3.63) is 52.9 Å². The van der Waals surface area contributed by atoms with Crippen LogP contribution in [0.5, 0.6) is 0 Å². The van der Waals surface area contributed by atoms with Crippen LogP contribution in [0, 0.1) is 0 Å². The standard InChI is InChI=1S/C13H14BrN3/c1-2-11(10-6-4-3-5-7-10)17-13-8-12(14)15-9-16-13/h3-9,11H,2H2,1H3,(H,15,16,17). The molecular weight excluding hydrogens is 278 g/mol. The van der Waals surface area contributed by atoms with E-state index in [1.54, 1.807) is 6.33 Å². The van der Waals surface area contributed by atoms with Gasteiger partial charge in [-0.3, -0.25) is 0 Å². The van der Waals surface area contributed by atoms with Crippen LogP contribution >= 0.6 is 15.9 Å². The number of aromatic nitrogens is 2. The molecule has 1 aromatic heterocycles. The Hall–Kier alpha value is -1.42. The SMILES string of the molecule is CCC(Nc1cc(Br)ncn1)c1ccccc1. The van der Waals surface area contributed by atoms with Crippen molar-refractivity contribution < 1.29 is 0 Å². The van der Waals surface area contributed by atoms with Crippen LogP contribution in [-0.4, -0.2) is 9.97 Å². The number of benzene rings is 1. The summed E-state index contributed by atoms with van der Waals surface area (Å²) in [5, 5.41) is 3.40. The third kappa shape index (κ3) is 3.27. The van der Waals surface area contributed by atoms with E-state index >= 15 is 0 Å². The minimum Gasteiger partial charge on any atom is -0.363 e. The topological polar surface area (TPSA) is 37.8 Å². The molecule has 1 N–H and O–H groups in total. The predicted octanol–water partition coefficient (Wildman–Crippen LogP) is 3.80. The molecule has 1 atom stereocenters. The lowest BCUT2D eigenvalue weighted by Gasteiger charge is -2.17. The highest BCUT2D eigenvalue weighted by Gasteiger charge is 2.09. The van der Waals surface area contributed by atoms with Crippen molar-refractivity contribution in [1.82, 2.24) is 9.97 Å². The maximum atomic E-state index is 4.20. The van der Waals surface area contributed by atoms with Crippen LogP contribution in [0.25, 0.3) is 0 Å². The van der Waals surface area contributed by atoms with E-state index in [2.05, 4.69) is 62.4 Å². The first-order valence-electron chi connectivity index (χ1n) is 5.58. The van der Waals surface area contributed by atoms with Gasteiger partial charge in [-0.15, -0.1) is 0 Å². The summed E-state index contributed by atoms with van der Waals surface area (Å²) in [6, 6.07) is 12.5. The quantitative estimate of drug-likeness (QED) is 0.871. The number of nitrogens with one attached hydrogen (secondary N) is 1. The molecule has 0 amide bonds. The van der Waals surface area contributed by atoms with Gasteiger partial charge in [0.25, 0.3) is 0 Å². The van der Waals surface area contributed by atoms with Crippen molar-refractivity contribution in [3.63, 3.8) is 0 Å². The average Bonchev–Trinajstić information content (AvgIpc) is 2.37. The highest BCUT2D eigenvalue weighted by molar-refractivity contribution is 9.10. The molecular formula is C13H14BrN3. The number of hydrogen-bond donors (Lipinski definition) is 1. The summed E-state index contributed by atoms with van der Waals surface area (Å²) in [7, 11) is 0. The summed E-state index contributed by atoms with van der Waals surface area (Å²) in [6.07, 6.45) is 2.55. The Morgan fingerprint density at radius 3 is 2.65 bits per heavy atom. The largest absolute Gasteiger partial charge is 0.363 e. The molecule has 0 bridgehead atoms. The Balaban J connectivity index is 2.16. The molecule has 3 nitrogen and oxygen atoms in total. The number of anilines is 1. The minimum absolute atomic E-state index is 0.276. The van der Waals surface area contributed by atoms with Crippen molar-refractivity contribution in [3.8, 4) is 0 Å². The summed E-state index contributed by atoms with van der Waals surface area (Å²) < 4.78 is 0.790. The zero-order chi connectivity index (χ0) is 12.1. The van der Waals surface area contributed by atoms with E-state index in [1.165, 1.54) is 5.56 Å². The van der Waals surface area contributed by atoms with Gasteiger partial charge >= 0.3 is 0 Å². The van der Waals surface area contributed by atoms with Crippen LogP contribution in [0.15, 0.2) is 47.3 Å². The second kappa shape index (κ2) is 5.77. The number of nitrogens with zero attached hydrogens (tertiary/aromatic N) is 2. The van der Waals surface area contributed by atoms with Gasteiger partial charge in [-0.1, -0.05) is 37.3 Å². The van der Waals surface area contributed by atoms with Gasteiger partial charge in [0.15, 0.2) is 0 Å². The first-order valence-corrected chi connectivity index (χ1v) is 6.38. The van der Waals surface area contributed by atoms with Crippen LogP contribution in [0.1, 0.15) is 24.9 Å². The maximum absolute atomic E-state index is 4.20. The Labute approximate surface area is 109 Å². The molecule has 1 unspecified atom stereocenters. The molecule has 0 aliphatic rings. The second-order valence-corrected chi connectivity index (χ2v) is 4.55. The molecule has 0 aliphatic heterocycles. The zero-order valence-corrected chi connectivity index (χ0v) is 11.2. The molecule has 0 aliphatic carbocycles. The van der Waals surface area contributed by atoms with E-state index in [9.17, 15) is 0 Å². The molecule has 1 aromatic carbocycles. The van der Waals surface area contributed by atoms with Gasteiger partial charge in [0.1, 0.15) is 16.7 Å². The molecule has 17 heavy (non-hydrogen) atoms. The Morgan fingerprint density at radius 1 is 1.24 bits per heavy atom. The van der Waals surface area contributed by atoms with E-state index in [-0.39, 0.29) is 6.04 Å². The number of rotatable bonds is 4. The molecule has 0 saturated heterocycles. The molecule has 2 rings (SSSR count). The predicted molar refractivity (Wildman–Crippen MR) is 72.8 cm³/mol. The minimum atomic E-state index is 0.276. The summed E-state index contributed by atoms with van der Waals surface area (Å²) in [6.45, 7) is 2.15. The second-order valence-electron chi connectivity index (χ2n) is 3.74. The Kier molecular flexibility index (Phi) is 4.09. The lowest BCUT2D eigenvalue weighted by Crippen LogP contribution is -2.10. The van der Waals surface area contributed by atoms with Crippen molar-refractivity contribution in [1.29, 1.82) is 0 Å². The van der Waals surface area contributed by atoms with Crippen molar-refractivity contribution in [2.24, 2.45) is 0 Å². The van der Waals surface area contributed by atoms with Gasteiger partial charge < -0.3 is 5.32 Å². The van der Waals surface area contributed by atoms with Crippen molar-refractivity contribution in [2.45, 2.75) is 19.4 Å². The van der Waals surface area contributed by atoms with Gasteiger partial charge in [-0.2, -0.15) is 0 Å². The van der Waals surface area contributed by atoms with Gasteiger partial charge in [-0.05, 0) is 27.9 Å². The first-order chi connectivity index (χ1) is 8.29. The number of hydrogen-bond acceptors (Lipinski definition) is 3. The molecule has 1 heterocycles. The molecule has 88 valence electrons. The fraction of sp³-hybridized carbons (Fsp3) is 0.231. The van der Waals surface area contributed by atoms with E-state index in [1.807, 2.05) is 12.1 Å². The van der Waals surface area contributed by atoms with E-state index in [4.69, 9.17) is 0 Å². The van der Waals surface area contributed by atoms with Crippen LogP contribution in [-0.2, 0) is 0 Å². The average molecular weight is 292 g/mol. The summed E-state index contributed by atoms with van der Waals surface area (Å²) >= 11 is 3.34. The lowest BCUT2D eigenvalue weighted by atomic mass is 10.0. The fourth-order valence-electron chi connectivity index (χ4n) is 1.70. The van der Waals surface area contributed by atoms with Crippen molar-refractivity contribution >= 4 is 21.7 Å². The fourth-order valence-corrected chi connectivity index (χ4v) is 2.01. The van der Waals surface area contributed by atoms with E-state index < -0.39 is 0 Å². The van der Waals surface area contributed by atoms with Gasteiger partial charge in [0.05, 0.1) is 6.04 Å². The molecule has 0 saturated carbocycles. The van der Waals surface area contributed by atoms with Crippen LogP contribution in [0.4, 0.5) is 5.82 Å². The van der Waals surface area contributed by atoms with Gasteiger partial charge in [0.2, 0.25) is 0 Å². The maximum Gasteiger partial charge on any atom is 0.130 e. The van der Waals surface area contributed by atoms with E-state index in [0.717, 1.165) is 16.8 Å².